The number of aromatic amines is 1. The lowest BCUT2D eigenvalue weighted by Crippen LogP contribution is -2.15. The van der Waals surface area contributed by atoms with Gasteiger partial charge in [-0.3, -0.25) is 9.59 Å². The average Bonchev–Trinajstić information content (AvgIpc) is 3.06. The van der Waals surface area contributed by atoms with Gasteiger partial charge >= 0.3 is 0 Å². The predicted molar refractivity (Wildman–Crippen MR) is 102 cm³/mol. The molecule has 4 rings (SSSR count). The van der Waals surface area contributed by atoms with Gasteiger partial charge in [0, 0.05) is 5.69 Å². The van der Waals surface area contributed by atoms with Crippen molar-refractivity contribution in [1.29, 1.82) is 0 Å². The van der Waals surface area contributed by atoms with Gasteiger partial charge in [0.1, 0.15) is 11.2 Å². The molecule has 2 aromatic carbocycles. The van der Waals surface area contributed by atoms with Crippen molar-refractivity contribution < 1.29 is 4.79 Å². The number of hydrogen-bond acceptors (Lipinski definition) is 3. The van der Waals surface area contributed by atoms with Gasteiger partial charge in [0.25, 0.3) is 11.5 Å². The van der Waals surface area contributed by atoms with Crippen molar-refractivity contribution in [2.75, 3.05) is 5.32 Å². The fourth-order valence-corrected chi connectivity index (χ4v) is 2.99. The maximum absolute atomic E-state index is 12.7. The summed E-state index contributed by atoms with van der Waals surface area (Å²) in [4.78, 5) is 27.7. The molecule has 0 bridgehead atoms. The van der Waals surface area contributed by atoms with Crippen molar-refractivity contribution in [2.24, 2.45) is 0 Å². The zero-order valence-electron chi connectivity index (χ0n) is 14.5. The molecule has 2 heterocycles. The van der Waals surface area contributed by atoms with Gasteiger partial charge < -0.3 is 10.3 Å². The molecule has 0 aliphatic heterocycles. The summed E-state index contributed by atoms with van der Waals surface area (Å²) in [6.07, 6.45) is 1.47. The first kappa shape index (κ1) is 16.1. The fraction of sp³-hybridized carbons (Fsp3) is 0.150. The number of carbonyl (C=O) groups excluding carboxylic acids is 1. The number of rotatable bonds is 3. The van der Waals surface area contributed by atoms with Gasteiger partial charge in [-0.15, -0.1) is 0 Å². The van der Waals surface area contributed by atoms with E-state index in [4.69, 9.17) is 0 Å². The van der Waals surface area contributed by atoms with E-state index < -0.39 is 0 Å². The number of nitrogens with zero attached hydrogens (tertiary/aromatic N) is 2. The van der Waals surface area contributed by atoms with Crippen molar-refractivity contribution in [3.63, 3.8) is 0 Å². The monoisotopic (exact) mass is 346 g/mol. The molecule has 0 atom stereocenters. The molecule has 0 saturated carbocycles. The summed E-state index contributed by atoms with van der Waals surface area (Å²) in [6, 6.07) is 14.9. The third-order valence-electron chi connectivity index (χ3n) is 4.46. The highest BCUT2D eigenvalue weighted by atomic mass is 16.2. The first-order valence-corrected chi connectivity index (χ1v) is 8.44. The van der Waals surface area contributed by atoms with Gasteiger partial charge in [-0.05, 0) is 35.7 Å². The molecule has 6 nitrogen and oxygen atoms in total. The Hall–Kier alpha value is -3.41. The van der Waals surface area contributed by atoms with Gasteiger partial charge in [0.15, 0.2) is 0 Å². The number of benzene rings is 2. The van der Waals surface area contributed by atoms with Gasteiger partial charge in [-0.25, -0.2) is 4.52 Å². The number of amides is 1. The minimum Gasteiger partial charge on any atom is -0.322 e. The molecule has 6 heteroatoms. The Labute approximate surface area is 149 Å². The van der Waals surface area contributed by atoms with Crippen LogP contribution in [-0.2, 0) is 0 Å². The Morgan fingerprint density at radius 1 is 1.12 bits per heavy atom. The van der Waals surface area contributed by atoms with Crippen molar-refractivity contribution in [1.82, 2.24) is 14.6 Å². The number of carbonyl (C=O) groups is 1. The second-order valence-corrected chi connectivity index (χ2v) is 6.52. The normalized spacial score (nSPS) is 11.3. The maximum Gasteiger partial charge on any atom is 0.261 e. The van der Waals surface area contributed by atoms with Crippen LogP contribution in [0.3, 0.4) is 0 Å². The van der Waals surface area contributed by atoms with Crippen LogP contribution in [0.2, 0.25) is 0 Å². The molecule has 26 heavy (non-hydrogen) atoms. The van der Waals surface area contributed by atoms with E-state index in [0.29, 0.717) is 33.7 Å². The molecule has 0 fully saturated rings. The van der Waals surface area contributed by atoms with Crippen LogP contribution in [0.15, 0.2) is 59.5 Å². The topological polar surface area (TPSA) is 79.3 Å². The molecule has 130 valence electrons. The lowest BCUT2D eigenvalue weighted by atomic mass is 10.0. The van der Waals surface area contributed by atoms with Crippen molar-refractivity contribution in [2.45, 2.75) is 19.8 Å². The number of H-pyrrole nitrogens is 1. The summed E-state index contributed by atoms with van der Waals surface area (Å²) in [5.74, 6) is 0.112. The van der Waals surface area contributed by atoms with Crippen molar-refractivity contribution in [3.8, 4) is 0 Å². The molecule has 4 aromatic rings. The van der Waals surface area contributed by atoms with E-state index in [2.05, 4.69) is 29.2 Å². The van der Waals surface area contributed by atoms with E-state index in [-0.39, 0.29) is 11.5 Å². The van der Waals surface area contributed by atoms with Gasteiger partial charge in [0.2, 0.25) is 0 Å². The Morgan fingerprint density at radius 2 is 1.85 bits per heavy atom. The number of anilines is 1. The first-order chi connectivity index (χ1) is 12.5. The molecular formula is C20H18N4O2. The van der Waals surface area contributed by atoms with Crippen molar-refractivity contribution in [3.05, 3.63) is 76.2 Å². The molecule has 2 N–H and O–H groups in total. The van der Waals surface area contributed by atoms with E-state index in [1.165, 1.54) is 11.8 Å². The summed E-state index contributed by atoms with van der Waals surface area (Å²) in [5.41, 5.74) is 3.01. The van der Waals surface area contributed by atoms with Crippen LogP contribution >= 0.6 is 0 Å². The van der Waals surface area contributed by atoms with Crippen LogP contribution in [0.4, 0.5) is 5.69 Å². The van der Waals surface area contributed by atoms with Gasteiger partial charge in [-0.2, -0.15) is 5.10 Å². The Bertz CT molecular complexity index is 1170. The van der Waals surface area contributed by atoms with Crippen LogP contribution in [-0.4, -0.2) is 20.5 Å². The summed E-state index contributed by atoms with van der Waals surface area (Å²) >= 11 is 0. The van der Waals surface area contributed by atoms with Gasteiger partial charge in [0.05, 0.1) is 17.1 Å². The number of fused-ring (bicyclic) bond motifs is 3. The van der Waals surface area contributed by atoms with E-state index in [0.717, 1.165) is 0 Å². The minimum absolute atomic E-state index is 0.246. The lowest BCUT2D eigenvalue weighted by Gasteiger charge is -2.08. The Balaban J connectivity index is 1.72. The Kier molecular flexibility index (Phi) is 3.80. The van der Waals surface area contributed by atoms with Crippen LogP contribution < -0.4 is 10.9 Å². The highest BCUT2D eigenvalue weighted by Gasteiger charge is 2.16. The van der Waals surface area contributed by atoms with E-state index in [1.54, 1.807) is 22.7 Å². The largest absolute Gasteiger partial charge is 0.322 e. The SMILES string of the molecule is CC(C)c1ccc(NC(=O)c2cnn3c2[nH]c(=O)c2ccccc23)cc1. The number of para-hydroxylation sites is 1. The molecule has 0 spiro atoms. The second kappa shape index (κ2) is 6.15. The second-order valence-electron chi connectivity index (χ2n) is 6.52. The lowest BCUT2D eigenvalue weighted by molar-refractivity contribution is 0.102. The molecular weight excluding hydrogens is 328 g/mol. The summed E-state index contributed by atoms with van der Waals surface area (Å²) in [7, 11) is 0. The minimum atomic E-state index is -0.316. The summed E-state index contributed by atoms with van der Waals surface area (Å²) in [6.45, 7) is 4.24. The van der Waals surface area contributed by atoms with Crippen LogP contribution in [0, 0.1) is 0 Å². The van der Waals surface area contributed by atoms with Crippen LogP contribution in [0.5, 0.6) is 0 Å². The quantitative estimate of drug-likeness (QED) is 0.595. The molecule has 1 amide bonds. The standard InChI is InChI=1S/C20H18N4O2/c1-12(2)13-7-9-14(10-8-13)22-20(26)16-11-21-24-17-6-4-3-5-15(17)19(25)23-18(16)24/h3-12H,1-2H3,(H,22,26)(H,23,25). The van der Waals surface area contributed by atoms with E-state index in [1.807, 2.05) is 30.3 Å². The first-order valence-electron chi connectivity index (χ1n) is 8.44. The maximum atomic E-state index is 12.7. The van der Waals surface area contributed by atoms with E-state index in [9.17, 15) is 9.59 Å². The Morgan fingerprint density at radius 3 is 2.58 bits per heavy atom. The highest BCUT2D eigenvalue weighted by molar-refractivity contribution is 6.08. The molecule has 2 aromatic heterocycles. The van der Waals surface area contributed by atoms with E-state index >= 15 is 0 Å². The fourth-order valence-electron chi connectivity index (χ4n) is 2.99. The molecule has 0 unspecified atom stereocenters. The van der Waals surface area contributed by atoms with Crippen molar-refractivity contribution >= 4 is 28.1 Å². The average molecular weight is 346 g/mol. The number of nitrogens with one attached hydrogen (secondary N) is 2. The molecule has 0 saturated heterocycles. The zero-order valence-corrected chi connectivity index (χ0v) is 14.5. The molecule has 0 aliphatic carbocycles. The van der Waals surface area contributed by atoms with Gasteiger partial charge in [-0.1, -0.05) is 38.1 Å². The third-order valence-corrected chi connectivity index (χ3v) is 4.46. The summed E-state index contributed by atoms with van der Waals surface area (Å²) in [5, 5.41) is 7.66. The summed E-state index contributed by atoms with van der Waals surface area (Å²) < 4.78 is 1.58. The van der Waals surface area contributed by atoms with Crippen LogP contribution in [0.1, 0.15) is 35.7 Å². The highest BCUT2D eigenvalue weighted by Crippen LogP contribution is 2.19. The molecule has 0 aliphatic rings. The van der Waals surface area contributed by atoms with Crippen LogP contribution in [0.25, 0.3) is 16.6 Å². The number of hydrogen-bond donors (Lipinski definition) is 2. The smallest absolute Gasteiger partial charge is 0.261 e. The zero-order chi connectivity index (χ0) is 18.3. The third kappa shape index (κ3) is 2.65. The number of aromatic nitrogens is 3. The predicted octanol–water partition coefficient (Wildman–Crippen LogP) is 3.55. The molecule has 0 radical (unpaired) electrons.